The standard InChI is InChI=1S/C13H13F/c1-3-4-5-6-11(2)12-7-9-13(14)10-8-12/h3-10H,1H2,2H3/b5-4+,11-6+. The van der Waals surface area contributed by atoms with Crippen molar-refractivity contribution in [3.8, 4) is 0 Å². The third-order valence-electron chi connectivity index (χ3n) is 1.89. The quantitative estimate of drug-likeness (QED) is 0.629. The second-order valence-corrected chi connectivity index (χ2v) is 2.98. The molecule has 0 aliphatic heterocycles. The largest absolute Gasteiger partial charge is 0.207 e. The lowest BCUT2D eigenvalue weighted by Crippen LogP contribution is -1.79. The Morgan fingerprint density at radius 3 is 2.43 bits per heavy atom. The maximum Gasteiger partial charge on any atom is 0.123 e. The molecule has 0 aliphatic carbocycles. The monoisotopic (exact) mass is 188 g/mol. The van der Waals surface area contributed by atoms with Crippen molar-refractivity contribution in [1.29, 1.82) is 0 Å². The molecule has 1 rings (SSSR count). The highest BCUT2D eigenvalue weighted by Gasteiger charge is 1.93. The van der Waals surface area contributed by atoms with E-state index in [2.05, 4.69) is 6.58 Å². The van der Waals surface area contributed by atoms with E-state index in [9.17, 15) is 4.39 Å². The van der Waals surface area contributed by atoms with Gasteiger partial charge in [0.25, 0.3) is 0 Å². The predicted molar refractivity (Wildman–Crippen MR) is 59.4 cm³/mol. The second-order valence-electron chi connectivity index (χ2n) is 2.98. The Kier molecular flexibility index (Phi) is 3.86. The number of hydrogen-bond acceptors (Lipinski definition) is 0. The summed E-state index contributed by atoms with van der Waals surface area (Å²) in [6.07, 6.45) is 7.45. The molecule has 1 heteroatoms. The molecule has 0 spiro atoms. The SMILES string of the molecule is C=C/C=C/C=C(\C)c1ccc(F)cc1. The summed E-state index contributed by atoms with van der Waals surface area (Å²) >= 11 is 0. The van der Waals surface area contributed by atoms with Crippen molar-refractivity contribution in [3.05, 3.63) is 66.5 Å². The van der Waals surface area contributed by atoms with E-state index in [1.54, 1.807) is 18.2 Å². The van der Waals surface area contributed by atoms with E-state index in [1.165, 1.54) is 12.1 Å². The van der Waals surface area contributed by atoms with Gasteiger partial charge in [-0.15, -0.1) is 0 Å². The highest BCUT2D eigenvalue weighted by molar-refractivity contribution is 5.65. The molecule has 1 aromatic carbocycles. The average molecular weight is 188 g/mol. The Bertz CT molecular complexity index is 355. The van der Waals surface area contributed by atoms with Crippen LogP contribution in [-0.4, -0.2) is 0 Å². The number of halogens is 1. The van der Waals surface area contributed by atoms with E-state index in [4.69, 9.17) is 0 Å². The van der Waals surface area contributed by atoms with Gasteiger partial charge in [-0.25, -0.2) is 4.39 Å². The smallest absolute Gasteiger partial charge is 0.123 e. The van der Waals surface area contributed by atoms with Gasteiger partial charge in [-0.05, 0) is 30.2 Å². The van der Waals surface area contributed by atoms with Crippen molar-refractivity contribution < 1.29 is 4.39 Å². The van der Waals surface area contributed by atoms with Crippen LogP contribution in [-0.2, 0) is 0 Å². The fourth-order valence-corrected chi connectivity index (χ4v) is 1.09. The van der Waals surface area contributed by atoms with Gasteiger partial charge in [0, 0.05) is 0 Å². The first-order chi connectivity index (χ1) is 6.74. The predicted octanol–water partition coefficient (Wildman–Crippen LogP) is 3.97. The van der Waals surface area contributed by atoms with Gasteiger partial charge < -0.3 is 0 Å². The van der Waals surface area contributed by atoms with Crippen molar-refractivity contribution in [3.63, 3.8) is 0 Å². The molecule has 0 N–H and O–H groups in total. The summed E-state index contributed by atoms with van der Waals surface area (Å²) in [5.41, 5.74) is 2.13. The van der Waals surface area contributed by atoms with Crippen LogP contribution in [0.2, 0.25) is 0 Å². The molecule has 0 saturated carbocycles. The summed E-state index contributed by atoms with van der Waals surface area (Å²) in [4.78, 5) is 0. The third kappa shape index (κ3) is 3.02. The van der Waals surface area contributed by atoms with Crippen molar-refractivity contribution in [2.75, 3.05) is 0 Å². The van der Waals surface area contributed by atoms with E-state index in [1.807, 2.05) is 25.2 Å². The Balaban J connectivity index is 2.83. The van der Waals surface area contributed by atoms with Crippen molar-refractivity contribution in [1.82, 2.24) is 0 Å². The van der Waals surface area contributed by atoms with Gasteiger partial charge in [-0.2, -0.15) is 0 Å². The summed E-state index contributed by atoms with van der Waals surface area (Å²) in [6, 6.07) is 6.46. The van der Waals surface area contributed by atoms with Gasteiger partial charge >= 0.3 is 0 Å². The summed E-state index contributed by atoms with van der Waals surface area (Å²) in [7, 11) is 0. The van der Waals surface area contributed by atoms with Gasteiger partial charge in [-0.1, -0.05) is 43.0 Å². The zero-order valence-corrected chi connectivity index (χ0v) is 8.20. The Hall–Kier alpha value is -1.63. The van der Waals surface area contributed by atoms with Gasteiger partial charge in [-0.3, -0.25) is 0 Å². The minimum absolute atomic E-state index is 0.205. The molecule has 0 unspecified atom stereocenters. The molecule has 0 atom stereocenters. The fraction of sp³-hybridized carbons (Fsp3) is 0.0769. The number of hydrogen-bond donors (Lipinski definition) is 0. The maximum absolute atomic E-state index is 12.6. The van der Waals surface area contributed by atoms with E-state index >= 15 is 0 Å². The molecule has 0 fully saturated rings. The van der Waals surface area contributed by atoms with Crippen LogP contribution in [0.3, 0.4) is 0 Å². The molecule has 0 nitrogen and oxygen atoms in total. The van der Waals surface area contributed by atoms with Crippen molar-refractivity contribution in [2.24, 2.45) is 0 Å². The zero-order chi connectivity index (χ0) is 10.4. The Morgan fingerprint density at radius 2 is 1.86 bits per heavy atom. The average Bonchev–Trinajstić information content (AvgIpc) is 2.19. The summed E-state index contributed by atoms with van der Waals surface area (Å²) in [5.74, 6) is -0.205. The Morgan fingerprint density at radius 1 is 1.21 bits per heavy atom. The highest BCUT2D eigenvalue weighted by Crippen LogP contribution is 2.13. The van der Waals surface area contributed by atoms with E-state index in [-0.39, 0.29) is 5.82 Å². The van der Waals surface area contributed by atoms with Gasteiger partial charge in [0.2, 0.25) is 0 Å². The van der Waals surface area contributed by atoms with E-state index < -0.39 is 0 Å². The van der Waals surface area contributed by atoms with Crippen LogP contribution in [0, 0.1) is 5.82 Å². The fourth-order valence-electron chi connectivity index (χ4n) is 1.09. The summed E-state index contributed by atoms with van der Waals surface area (Å²) in [6.45, 7) is 5.56. The number of benzene rings is 1. The molecule has 72 valence electrons. The third-order valence-corrected chi connectivity index (χ3v) is 1.89. The van der Waals surface area contributed by atoms with Crippen LogP contribution in [0.15, 0.2) is 55.1 Å². The Labute approximate surface area is 84.1 Å². The molecule has 0 amide bonds. The molecule has 0 aromatic heterocycles. The molecule has 0 saturated heterocycles. The minimum atomic E-state index is -0.205. The van der Waals surface area contributed by atoms with E-state index in [0.717, 1.165) is 11.1 Å². The van der Waals surface area contributed by atoms with E-state index in [0.29, 0.717) is 0 Å². The number of rotatable bonds is 3. The van der Waals surface area contributed by atoms with Crippen LogP contribution in [0.4, 0.5) is 4.39 Å². The number of allylic oxidation sites excluding steroid dienone is 5. The normalized spacial score (nSPS) is 12.0. The van der Waals surface area contributed by atoms with Crippen LogP contribution >= 0.6 is 0 Å². The lowest BCUT2D eigenvalue weighted by Gasteiger charge is -1.99. The van der Waals surface area contributed by atoms with Gasteiger partial charge in [0.15, 0.2) is 0 Å². The lowest BCUT2D eigenvalue weighted by molar-refractivity contribution is 0.627. The summed E-state index contributed by atoms with van der Waals surface area (Å²) in [5, 5.41) is 0. The molecular weight excluding hydrogens is 175 g/mol. The van der Waals surface area contributed by atoms with Crippen molar-refractivity contribution in [2.45, 2.75) is 6.92 Å². The molecule has 14 heavy (non-hydrogen) atoms. The first kappa shape index (κ1) is 10.5. The molecular formula is C13H13F. The first-order valence-corrected chi connectivity index (χ1v) is 4.46. The first-order valence-electron chi connectivity index (χ1n) is 4.46. The highest BCUT2D eigenvalue weighted by atomic mass is 19.1. The van der Waals surface area contributed by atoms with Crippen molar-refractivity contribution >= 4 is 5.57 Å². The molecule has 0 aliphatic rings. The maximum atomic E-state index is 12.6. The minimum Gasteiger partial charge on any atom is -0.207 e. The zero-order valence-electron chi connectivity index (χ0n) is 8.20. The molecule has 1 aromatic rings. The van der Waals surface area contributed by atoms with Crippen LogP contribution in [0.5, 0.6) is 0 Å². The lowest BCUT2D eigenvalue weighted by atomic mass is 10.1. The van der Waals surface area contributed by atoms with Crippen LogP contribution < -0.4 is 0 Å². The molecule has 0 radical (unpaired) electrons. The van der Waals surface area contributed by atoms with Gasteiger partial charge in [0.1, 0.15) is 5.82 Å². The van der Waals surface area contributed by atoms with Crippen LogP contribution in [0.1, 0.15) is 12.5 Å². The van der Waals surface area contributed by atoms with Crippen LogP contribution in [0.25, 0.3) is 5.57 Å². The topological polar surface area (TPSA) is 0 Å². The molecule has 0 bridgehead atoms. The second kappa shape index (κ2) is 5.18. The van der Waals surface area contributed by atoms with Gasteiger partial charge in [0.05, 0.1) is 0 Å². The molecule has 0 heterocycles. The summed E-state index contributed by atoms with van der Waals surface area (Å²) < 4.78 is 12.6.